The fourth-order valence-corrected chi connectivity index (χ4v) is 8.55. The number of amides is 2. The predicted molar refractivity (Wildman–Crippen MR) is 193 cm³/mol. The van der Waals surface area contributed by atoms with Crippen molar-refractivity contribution in [3.63, 3.8) is 0 Å². The van der Waals surface area contributed by atoms with Crippen LogP contribution in [0.2, 0.25) is 0 Å². The number of aliphatic hydroxyl groups is 1. The van der Waals surface area contributed by atoms with Crippen LogP contribution in [0.5, 0.6) is 5.75 Å². The molecule has 4 fully saturated rings. The first-order valence-corrected chi connectivity index (χ1v) is 17.8. The van der Waals surface area contributed by atoms with Crippen molar-refractivity contribution in [2.45, 2.75) is 71.4 Å². The monoisotopic (exact) mass is 696 g/mol. The van der Waals surface area contributed by atoms with Gasteiger partial charge in [-0.2, -0.15) is 5.06 Å². The summed E-state index contributed by atoms with van der Waals surface area (Å²) >= 11 is 0. The average Bonchev–Trinajstić information content (AvgIpc) is 3.44. The maximum Gasteiger partial charge on any atom is 0.251 e. The molecule has 12 heteroatoms. The highest BCUT2D eigenvalue weighted by atomic mass is 19.1. The molecule has 4 aliphatic rings. The van der Waals surface area contributed by atoms with Crippen LogP contribution < -0.4 is 26.0 Å². The van der Waals surface area contributed by atoms with E-state index >= 15 is 4.39 Å². The number of likely N-dealkylation sites (N-methyl/N-ethyl adjacent to an activating group) is 1. The zero-order valence-corrected chi connectivity index (χ0v) is 31.1. The molecule has 2 bridgehead atoms. The minimum absolute atomic E-state index is 0.000511. The molecule has 11 nitrogen and oxygen atoms in total. The first-order chi connectivity index (χ1) is 23.6. The standard InChI is InChI=1S/C38H57FN6O5/c1-21-29-17-25(38(29,3)4)18-31(21)42-37(48)34-33(22(2)46)32(19-40)50-45(34)20-28-30(39)11-10-27(35(28)49-9)23-14-24(16-26(15-23)44(7)8)36(47)41-12-13-43(5)6/h10-11,14-16,21-22,25,29,31-34,46H,12-13,17-20,40H2,1-9H3,(H,41,47)(H,42,48)/t21-,22-,25+,29-,31-,32-,33+,34-/m0/s1. The number of rotatable bonds is 13. The lowest BCUT2D eigenvalue weighted by Gasteiger charge is -2.62. The number of fused-ring (bicyclic) bond motifs is 2. The smallest absolute Gasteiger partial charge is 0.251 e. The number of hydroxylamine groups is 2. The summed E-state index contributed by atoms with van der Waals surface area (Å²) in [6.07, 6.45) is 0.523. The number of anilines is 1. The molecule has 5 N–H and O–H groups in total. The highest BCUT2D eigenvalue weighted by Crippen LogP contribution is 2.61. The van der Waals surface area contributed by atoms with Crippen LogP contribution in [-0.2, 0) is 16.2 Å². The summed E-state index contributed by atoms with van der Waals surface area (Å²) in [5.41, 5.74) is 9.06. The molecule has 3 aliphatic carbocycles. The lowest BCUT2D eigenvalue weighted by Crippen LogP contribution is -2.62. The first-order valence-electron chi connectivity index (χ1n) is 17.8. The average molecular weight is 697 g/mol. The summed E-state index contributed by atoms with van der Waals surface area (Å²) in [4.78, 5) is 37.6. The van der Waals surface area contributed by atoms with Crippen molar-refractivity contribution in [3.05, 3.63) is 47.3 Å². The van der Waals surface area contributed by atoms with Gasteiger partial charge in [0.25, 0.3) is 5.91 Å². The third-order valence-electron chi connectivity index (χ3n) is 11.7. The molecule has 276 valence electrons. The van der Waals surface area contributed by atoms with Gasteiger partial charge >= 0.3 is 0 Å². The van der Waals surface area contributed by atoms with Crippen molar-refractivity contribution >= 4 is 17.5 Å². The molecule has 1 aliphatic heterocycles. The molecular weight excluding hydrogens is 639 g/mol. The molecule has 0 radical (unpaired) electrons. The van der Waals surface area contributed by atoms with Crippen LogP contribution in [0.1, 0.15) is 56.5 Å². The number of hydrogen-bond acceptors (Lipinski definition) is 9. The van der Waals surface area contributed by atoms with Gasteiger partial charge in [0.1, 0.15) is 17.6 Å². The number of nitrogens with two attached hydrogens (primary N) is 1. The number of halogens is 1. The number of benzene rings is 2. The topological polar surface area (TPSA) is 133 Å². The quantitative estimate of drug-likeness (QED) is 0.249. The van der Waals surface area contributed by atoms with Gasteiger partial charge in [0.15, 0.2) is 0 Å². The van der Waals surface area contributed by atoms with E-state index in [9.17, 15) is 14.7 Å². The third-order valence-corrected chi connectivity index (χ3v) is 11.7. The van der Waals surface area contributed by atoms with E-state index in [1.807, 2.05) is 50.1 Å². The number of methoxy groups -OCH3 is 1. The second-order valence-electron chi connectivity index (χ2n) is 15.6. The molecule has 2 amide bonds. The van der Waals surface area contributed by atoms with Crippen molar-refractivity contribution in [1.82, 2.24) is 20.6 Å². The Labute approximate surface area is 296 Å². The summed E-state index contributed by atoms with van der Waals surface area (Å²) in [6.45, 7) is 9.59. The molecule has 50 heavy (non-hydrogen) atoms. The zero-order chi connectivity index (χ0) is 36.7. The number of aliphatic hydroxyl groups excluding tert-OH is 1. The van der Waals surface area contributed by atoms with Crippen LogP contribution in [0.15, 0.2) is 30.3 Å². The number of ether oxygens (including phenoxy) is 1. The van der Waals surface area contributed by atoms with Gasteiger partial charge in [0, 0.05) is 68.1 Å². The van der Waals surface area contributed by atoms with E-state index in [4.69, 9.17) is 15.3 Å². The fourth-order valence-electron chi connectivity index (χ4n) is 8.55. The number of nitrogens with one attached hydrogen (secondary N) is 2. The number of carbonyl (C=O) groups excluding carboxylic acids is 2. The molecule has 8 atom stereocenters. The third kappa shape index (κ3) is 7.36. The van der Waals surface area contributed by atoms with Crippen LogP contribution in [0.3, 0.4) is 0 Å². The summed E-state index contributed by atoms with van der Waals surface area (Å²) in [7, 11) is 9.14. The number of nitrogens with zero attached hydrogens (tertiary/aromatic N) is 3. The molecule has 2 aromatic carbocycles. The van der Waals surface area contributed by atoms with Crippen LogP contribution in [0, 0.1) is 34.9 Å². The van der Waals surface area contributed by atoms with Crippen molar-refractivity contribution < 1.29 is 28.7 Å². The van der Waals surface area contributed by atoms with Crippen molar-refractivity contribution in [2.75, 3.05) is 59.8 Å². The molecule has 0 spiro atoms. The zero-order valence-electron chi connectivity index (χ0n) is 31.1. The number of hydrogen-bond donors (Lipinski definition) is 4. The molecule has 1 heterocycles. The van der Waals surface area contributed by atoms with Gasteiger partial charge in [0.2, 0.25) is 5.91 Å². The summed E-state index contributed by atoms with van der Waals surface area (Å²) < 4.78 is 21.8. The van der Waals surface area contributed by atoms with E-state index in [2.05, 4.69) is 31.4 Å². The Morgan fingerprint density at radius 2 is 1.90 bits per heavy atom. The van der Waals surface area contributed by atoms with Crippen LogP contribution in [-0.4, -0.2) is 106 Å². The van der Waals surface area contributed by atoms with Crippen molar-refractivity contribution in [3.8, 4) is 16.9 Å². The molecule has 0 unspecified atom stereocenters. The van der Waals surface area contributed by atoms with E-state index < -0.39 is 30.0 Å². The summed E-state index contributed by atoms with van der Waals surface area (Å²) in [5, 5.41) is 18.7. The Morgan fingerprint density at radius 1 is 1.18 bits per heavy atom. The Hall–Kier alpha value is -3.29. The SMILES string of the molecule is COc1c(-c2cc(C(=O)NCCN(C)C)cc(N(C)C)c2)ccc(F)c1CN1O[C@@H](CN)[C@@H]([C@H](C)O)[C@H]1C(=O)N[C@H]1C[C@H]2C[C@@H]([C@@H]1C)C2(C)C. The minimum Gasteiger partial charge on any atom is -0.496 e. The Morgan fingerprint density at radius 3 is 2.48 bits per heavy atom. The summed E-state index contributed by atoms with van der Waals surface area (Å²) in [5.74, 6) is -0.00823. The Kier molecular flexibility index (Phi) is 11.5. The summed E-state index contributed by atoms with van der Waals surface area (Å²) in [6, 6.07) is 7.59. The normalized spacial score (nSPS) is 27.8. The molecule has 2 aromatic rings. The van der Waals surface area contributed by atoms with Gasteiger partial charge in [-0.15, -0.1) is 0 Å². The predicted octanol–water partition coefficient (Wildman–Crippen LogP) is 3.49. The van der Waals surface area contributed by atoms with Gasteiger partial charge in [0.05, 0.1) is 25.9 Å². The van der Waals surface area contributed by atoms with Gasteiger partial charge in [-0.25, -0.2) is 4.39 Å². The van der Waals surface area contributed by atoms with Crippen LogP contribution in [0.25, 0.3) is 11.1 Å². The molecule has 6 rings (SSSR count). The van der Waals surface area contributed by atoms with E-state index in [0.29, 0.717) is 47.5 Å². The molecule has 3 saturated carbocycles. The minimum atomic E-state index is -0.913. The maximum absolute atomic E-state index is 15.9. The van der Waals surface area contributed by atoms with Crippen LogP contribution >= 0.6 is 0 Å². The van der Waals surface area contributed by atoms with E-state index in [-0.39, 0.29) is 47.7 Å². The van der Waals surface area contributed by atoms with E-state index in [0.717, 1.165) is 12.1 Å². The van der Waals surface area contributed by atoms with Gasteiger partial charge < -0.3 is 36.0 Å². The number of carbonyl (C=O) groups is 2. The van der Waals surface area contributed by atoms with E-state index in [1.165, 1.54) is 24.7 Å². The van der Waals surface area contributed by atoms with E-state index in [1.54, 1.807) is 19.1 Å². The van der Waals surface area contributed by atoms with Crippen molar-refractivity contribution in [2.24, 2.45) is 34.8 Å². The Balaban J connectivity index is 1.47. The van der Waals surface area contributed by atoms with Gasteiger partial charge in [-0.05, 0) is 92.9 Å². The first kappa shape index (κ1) is 38.0. The second-order valence-corrected chi connectivity index (χ2v) is 15.6. The second kappa shape index (κ2) is 15.1. The Bertz CT molecular complexity index is 1550. The lowest BCUT2D eigenvalue weighted by atomic mass is 9.45. The van der Waals surface area contributed by atoms with Gasteiger partial charge in [-0.1, -0.05) is 20.8 Å². The van der Waals surface area contributed by atoms with Gasteiger partial charge in [-0.3, -0.25) is 14.4 Å². The molecule has 1 saturated heterocycles. The van der Waals surface area contributed by atoms with Crippen LogP contribution in [0.4, 0.5) is 10.1 Å². The highest BCUT2D eigenvalue weighted by Gasteiger charge is 2.57. The van der Waals surface area contributed by atoms with Crippen molar-refractivity contribution in [1.29, 1.82) is 0 Å². The molecular formula is C38H57FN6O5. The fraction of sp³-hybridized carbons (Fsp3) is 0.632. The lowest BCUT2D eigenvalue weighted by molar-refractivity contribution is -0.176. The highest BCUT2D eigenvalue weighted by molar-refractivity contribution is 5.97. The maximum atomic E-state index is 15.9. The largest absolute Gasteiger partial charge is 0.496 e. The molecule has 0 aromatic heterocycles.